The van der Waals surface area contributed by atoms with E-state index in [1.807, 2.05) is 20.8 Å². The van der Waals surface area contributed by atoms with E-state index in [1.54, 1.807) is 0 Å². The van der Waals surface area contributed by atoms with Crippen LogP contribution in [-0.4, -0.2) is 31.2 Å². The van der Waals surface area contributed by atoms with Crippen molar-refractivity contribution in [3.63, 3.8) is 0 Å². The van der Waals surface area contributed by atoms with Crippen LogP contribution in [0.3, 0.4) is 0 Å². The second-order valence-corrected chi connectivity index (χ2v) is 5.42. The number of hydrogen-bond donors (Lipinski definition) is 2. The molecule has 6 nitrogen and oxygen atoms in total. The van der Waals surface area contributed by atoms with Crippen molar-refractivity contribution in [2.45, 2.75) is 33.6 Å². The Labute approximate surface area is 136 Å². The molecule has 128 valence electrons. The van der Waals surface area contributed by atoms with E-state index in [0.717, 1.165) is 12.8 Å². The summed E-state index contributed by atoms with van der Waals surface area (Å²) in [5, 5.41) is 12.0. The predicted octanol–water partition coefficient (Wildman–Crippen LogP) is 3.41. The molecule has 0 heterocycles. The molecule has 0 saturated carbocycles. The number of aromatic carboxylic acids is 1. The number of benzene rings is 1. The van der Waals surface area contributed by atoms with E-state index >= 15 is 0 Å². The zero-order valence-electron chi connectivity index (χ0n) is 14.3. The van der Waals surface area contributed by atoms with Crippen molar-refractivity contribution in [2.75, 3.05) is 19.5 Å². The molecule has 1 atom stereocenters. The standard InChI is InChI=1S/C17H25NO5/c1-6-11(7-2)10(3)16(19)18-13-8-12(17(20)21)9-14(22-4)15(13)23-5/h8-11H,6-7H2,1-5H3,(H,18,19)(H,20,21). The van der Waals surface area contributed by atoms with Gasteiger partial charge in [-0.2, -0.15) is 0 Å². The van der Waals surface area contributed by atoms with Crippen LogP contribution in [-0.2, 0) is 4.79 Å². The number of carboxylic acids is 1. The minimum absolute atomic E-state index is 0.0214. The Morgan fingerprint density at radius 3 is 2.22 bits per heavy atom. The average molecular weight is 323 g/mol. The first-order chi connectivity index (χ1) is 10.9. The fraction of sp³-hybridized carbons (Fsp3) is 0.529. The van der Waals surface area contributed by atoms with Gasteiger partial charge in [-0.05, 0) is 18.1 Å². The number of anilines is 1. The van der Waals surface area contributed by atoms with Crippen LogP contribution in [0.2, 0.25) is 0 Å². The van der Waals surface area contributed by atoms with E-state index in [2.05, 4.69) is 5.32 Å². The van der Waals surface area contributed by atoms with Crippen molar-refractivity contribution < 1.29 is 24.2 Å². The molecule has 23 heavy (non-hydrogen) atoms. The monoisotopic (exact) mass is 323 g/mol. The molecular formula is C17H25NO5. The number of methoxy groups -OCH3 is 2. The molecule has 1 aromatic rings. The first-order valence-corrected chi connectivity index (χ1v) is 7.69. The molecule has 0 aliphatic carbocycles. The van der Waals surface area contributed by atoms with E-state index in [0.29, 0.717) is 11.4 Å². The number of carboxylic acid groups (broad SMARTS) is 1. The Hall–Kier alpha value is -2.24. The van der Waals surface area contributed by atoms with Crippen LogP contribution >= 0.6 is 0 Å². The van der Waals surface area contributed by atoms with Crippen LogP contribution < -0.4 is 14.8 Å². The summed E-state index contributed by atoms with van der Waals surface area (Å²) in [7, 11) is 2.86. The second-order valence-electron chi connectivity index (χ2n) is 5.42. The highest BCUT2D eigenvalue weighted by molar-refractivity contribution is 5.97. The number of hydrogen-bond acceptors (Lipinski definition) is 4. The predicted molar refractivity (Wildman–Crippen MR) is 88.4 cm³/mol. The van der Waals surface area contributed by atoms with Gasteiger partial charge in [-0.1, -0.05) is 33.6 Å². The second kappa shape index (κ2) is 8.41. The van der Waals surface area contributed by atoms with Crippen LogP contribution in [0.1, 0.15) is 44.0 Å². The number of rotatable bonds is 8. The normalized spacial score (nSPS) is 11.9. The van der Waals surface area contributed by atoms with Crippen molar-refractivity contribution in [1.82, 2.24) is 0 Å². The minimum Gasteiger partial charge on any atom is -0.493 e. The highest BCUT2D eigenvalue weighted by Gasteiger charge is 2.24. The quantitative estimate of drug-likeness (QED) is 0.766. The van der Waals surface area contributed by atoms with E-state index in [-0.39, 0.29) is 29.1 Å². The lowest BCUT2D eigenvalue weighted by Gasteiger charge is -2.22. The Balaban J connectivity index is 3.17. The number of amides is 1. The molecule has 6 heteroatoms. The molecule has 1 amide bonds. The maximum absolute atomic E-state index is 12.5. The summed E-state index contributed by atoms with van der Waals surface area (Å²) in [6, 6.07) is 2.74. The zero-order chi connectivity index (χ0) is 17.6. The van der Waals surface area contributed by atoms with Crippen LogP contribution in [0.15, 0.2) is 12.1 Å². The Morgan fingerprint density at radius 2 is 1.78 bits per heavy atom. The maximum Gasteiger partial charge on any atom is 0.335 e. The molecule has 1 unspecified atom stereocenters. The highest BCUT2D eigenvalue weighted by Crippen LogP contribution is 2.37. The fourth-order valence-electron chi connectivity index (χ4n) is 2.64. The molecular weight excluding hydrogens is 298 g/mol. The molecule has 0 saturated heterocycles. The molecule has 0 fully saturated rings. The molecule has 2 N–H and O–H groups in total. The Kier molecular flexibility index (Phi) is 6.88. The van der Waals surface area contributed by atoms with Gasteiger partial charge in [0.25, 0.3) is 0 Å². The van der Waals surface area contributed by atoms with E-state index in [4.69, 9.17) is 9.47 Å². The number of carbonyl (C=O) groups excluding carboxylic acids is 1. The van der Waals surface area contributed by atoms with Gasteiger partial charge in [0.2, 0.25) is 5.91 Å². The van der Waals surface area contributed by atoms with E-state index in [1.165, 1.54) is 26.4 Å². The van der Waals surface area contributed by atoms with Crippen molar-refractivity contribution >= 4 is 17.6 Å². The molecule has 0 aliphatic rings. The SMILES string of the molecule is CCC(CC)C(C)C(=O)Nc1cc(C(=O)O)cc(OC)c1OC. The summed E-state index contributed by atoms with van der Waals surface area (Å²) < 4.78 is 10.4. The first-order valence-electron chi connectivity index (χ1n) is 7.69. The fourth-order valence-corrected chi connectivity index (χ4v) is 2.64. The average Bonchev–Trinajstić information content (AvgIpc) is 2.54. The lowest BCUT2D eigenvalue weighted by atomic mass is 9.88. The number of nitrogens with one attached hydrogen (secondary N) is 1. The van der Waals surface area contributed by atoms with Crippen molar-refractivity contribution in [2.24, 2.45) is 11.8 Å². The van der Waals surface area contributed by atoms with Crippen molar-refractivity contribution in [3.05, 3.63) is 17.7 Å². The van der Waals surface area contributed by atoms with Gasteiger partial charge < -0.3 is 19.9 Å². The van der Waals surface area contributed by atoms with Crippen LogP contribution in [0.25, 0.3) is 0 Å². The highest BCUT2D eigenvalue weighted by atomic mass is 16.5. The largest absolute Gasteiger partial charge is 0.493 e. The molecule has 0 bridgehead atoms. The number of ether oxygens (including phenoxy) is 2. The van der Waals surface area contributed by atoms with Gasteiger partial charge in [-0.25, -0.2) is 4.79 Å². The van der Waals surface area contributed by atoms with Gasteiger partial charge in [-0.3, -0.25) is 4.79 Å². The molecule has 0 spiro atoms. The zero-order valence-corrected chi connectivity index (χ0v) is 14.3. The summed E-state index contributed by atoms with van der Waals surface area (Å²) in [5.74, 6) is -0.615. The van der Waals surface area contributed by atoms with E-state index < -0.39 is 5.97 Å². The molecule has 0 radical (unpaired) electrons. The molecule has 1 aromatic carbocycles. The lowest BCUT2D eigenvalue weighted by Crippen LogP contribution is -2.27. The third kappa shape index (κ3) is 4.37. The van der Waals surface area contributed by atoms with Gasteiger partial charge in [-0.15, -0.1) is 0 Å². The number of carbonyl (C=O) groups is 2. The van der Waals surface area contributed by atoms with Gasteiger partial charge >= 0.3 is 5.97 Å². The van der Waals surface area contributed by atoms with Gasteiger partial charge in [0.1, 0.15) is 0 Å². The summed E-state index contributed by atoms with van der Waals surface area (Å²) in [6.07, 6.45) is 1.81. The topological polar surface area (TPSA) is 84.9 Å². The molecule has 0 aromatic heterocycles. The van der Waals surface area contributed by atoms with Crippen LogP contribution in [0, 0.1) is 11.8 Å². The van der Waals surface area contributed by atoms with Crippen molar-refractivity contribution in [3.8, 4) is 11.5 Å². The van der Waals surface area contributed by atoms with E-state index in [9.17, 15) is 14.7 Å². The Bertz CT molecular complexity index is 566. The van der Waals surface area contributed by atoms with Crippen LogP contribution in [0.5, 0.6) is 11.5 Å². The maximum atomic E-state index is 12.5. The summed E-state index contributed by atoms with van der Waals surface area (Å²) in [6.45, 7) is 5.97. The van der Waals surface area contributed by atoms with Gasteiger partial charge in [0, 0.05) is 5.92 Å². The smallest absolute Gasteiger partial charge is 0.335 e. The third-order valence-corrected chi connectivity index (χ3v) is 4.15. The third-order valence-electron chi connectivity index (χ3n) is 4.15. The Morgan fingerprint density at radius 1 is 1.17 bits per heavy atom. The summed E-state index contributed by atoms with van der Waals surface area (Å²) in [5.41, 5.74) is 0.320. The first kappa shape index (κ1) is 18.8. The van der Waals surface area contributed by atoms with Crippen molar-refractivity contribution in [1.29, 1.82) is 0 Å². The lowest BCUT2D eigenvalue weighted by molar-refractivity contribution is -0.121. The van der Waals surface area contributed by atoms with Gasteiger partial charge in [0.15, 0.2) is 11.5 Å². The molecule has 1 rings (SSSR count). The molecule has 0 aliphatic heterocycles. The van der Waals surface area contributed by atoms with Crippen LogP contribution in [0.4, 0.5) is 5.69 Å². The van der Waals surface area contributed by atoms with Gasteiger partial charge in [0.05, 0.1) is 25.5 Å². The summed E-state index contributed by atoms with van der Waals surface area (Å²) in [4.78, 5) is 23.7. The summed E-state index contributed by atoms with van der Waals surface area (Å²) >= 11 is 0. The minimum atomic E-state index is -1.10.